The van der Waals surface area contributed by atoms with Crippen molar-refractivity contribution in [1.29, 1.82) is 0 Å². The molecule has 1 amide bonds. The minimum absolute atomic E-state index is 0.276. The van der Waals surface area contributed by atoms with Gasteiger partial charge in [0.1, 0.15) is 10.6 Å². The van der Waals surface area contributed by atoms with E-state index in [0.29, 0.717) is 28.4 Å². The van der Waals surface area contributed by atoms with Gasteiger partial charge in [-0.1, -0.05) is 23.9 Å². The zero-order chi connectivity index (χ0) is 18.4. The van der Waals surface area contributed by atoms with Crippen LogP contribution in [0, 0.1) is 0 Å². The molecular weight excluding hydrogens is 370 g/mol. The normalized spacial score (nSPS) is 10.5. The number of nitrogens with zero attached hydrogens (tertiary/aromatic N) is 2. The average molecular weight is 387 g/mol. The van der Waals surface area contributed by atoms with Crippen LogP contribution in [0.5, 0.6) is 0 Å². The zero-order valence-electron chi connectivity index (χ0n) is 14.1. The number of benzene rings is 1. The number of rotatable bonds is 7. The van der Waals surface area contributed by atoms with Crippen molar-refractivity contribution in [1.82, 2.24) is 9.59 Å². The third-order valence-corrected chi connectivity index (χ3v) is 5.16. The highest BCUT2D eigenvalue weighted by Gasteiger charge is 2.18. The Morgan fingerprint density at radius 3 is 2.69 bits per heavy atom. The molecule has 0 spiro atoms. The lowest BCUT2D eigenvalue weighted by molar-refractivity contribution is 0.0499. The maximum absolute atomic E-state index is 12.5. The number of hydrogen-bond donors (Lipinski definition) is 1. The fraction of sp³-hybridized carbons (Fsp3) is 0.222. The Morgan fingerprint density at radius 2 is 2.00 bits per heavy atom. The molecule has 0 aliphatic carbocycles. The van der Waals surface area contributed by atoms with Crippen LogP contribution in [0.1, 0.15) is 39.8 Å². The first-order valence-electron chi connectivity index (χ1n) is 8.13. The van der Waals surface area contributed by atoms with Crippen molar-refractivity contribution < 1.29 is 14.3 Å². The molecule has 2 aromatic heterocycles. The smallest absolute Gasteiger partial charge is 0.338 e. The molecule has 0 saturated carbocycles. The summed E-state index contributed by atoms with van der Waals surface area (Å²) >= 11 is 2.56. The fourth-order valence-electron chi connectivity index (χ4n) is 2.18. The molecule has 26 heavy (non-hydrogen) atoms. The van der Waals surface area contributed by atoms with E-state index in [1.807, 2.05) is 24.4 Å². The quantitative estimate of drug-likeness (QED) is 0.478. The van der Waals surface area contributed by atoms with Crippen LogP contribution in [-0.2, 0) is 4.74 Å². The number of aromatic nitrogens is 2. The number of amides is 1. The van der Waals surface area contributed by atoms with Gasteiger partial charge in [0.25, 0.3) is 5.91 Å². The lowest BCUT2D eigenvalue weighted by atomic mass is 10.2. The van der Waals surface area contributed by atoms with Crippen LogP contribution in [0.15, 0.2) is 41.8 Å². The lowest BCUT2D eigenvalue weighted by Gasteiger charge is -2.06. The maximum atomic E-state index is 12.5. The number of carbonyl (C=O) groups excluding carboxylic acids is 2. The van der Waals surface area contributed by atoms with E-state index in [-0.39, 0.29) is 11.9 Å². The summed E-state index contributed by atoms with van der Waals surface area (Å²) < 4.78 is 9.06. The van der Waals surface area contributed by atoms with Gasteiger partial charge in [0.05, 0.1) is 17.0 Å². The Kier molecular flexibility index (Phi) is 6.08. The van der Waals surface area contributed by atoms with Gasteiger partial charge in [-0.2, -0.15) is 0 Å². The first-order valence-corrected chi connectivity index (χ1v) is 9.79. The van der Waals surface area contributed by atoms with Crippen LogP contribution in [0.3, 0.4) is 0 Å². The van der Waals surface area contributed by atoms with Crippen LogP contribution < -0.4 is 5.32 Å². The molecule has 3 rings (SSSR count). The molecule has 6 nitrogen and oxygen atoms in total. The third kappa shape index (κ3) is 4.33. The molecule has 0 aliphatic rings. The molecule has 0 atom stereocenters. The fourth-order valence-corrected chi connectivity index (χ4v) is 3.54. The molecule has 0 radical (unpaired) electrons. The second-order valence-corrected chi connectivity index (χ2v) is 7.15. The van der Waals surface area contributed by atoms with Gasteiger partial charge in [0.15, 0.2) is 0 Å². The summed E-state index contributed by atoms with van der Waals surface area (Å²) in [5.41, 5.74) is 1.63. The average Bonchev–Trinajstić information content (AvgIpc) is 3.33. The van der Waals surface area contributed by atoms with Crippen LogP contribution in [-0.4, -0.2) is 28.1 Å². The Bertz CT molecular complexity index is 873. The Labute approximate surface area is 159 Å². The molecule has 0 saturated heterocycles. The number of hydrogen-bond acceptors (Lipinski definition) is 7. The summed E-state index contributed by atoms with van der Waals surface area (Å²) in [5, 5.41) is 8.79. The van der Waals surface area contributed by atoms with Crippen LogP contribution in [0.4, 0.5) is 5.69 Å². The molecular formula is C18H17N3O3S2. The van der Waals surface area contributed by atoms with Crippen molar-refractivity contribution in [2.75, 3.05) is 11.9 Å². The molecule has 3 aromatic rings. The van der Waals surface area contributed by atoms with Crippen molar-refractivity contribution in [3.8, 4) is 10.6 Å². The number of anilines is 1. The lowest BCUT2D eigenvalue weighted by Crippen LogP contribution is -2.12. The van der Waals surface area contributed by atoms with Crippen molar-refractivity contribution in [3.05, 3.63) is 52.2 Å². The number of nitrogens with one attached hydrogen (secondary N) is 1. The van der Waals surface area contributed by atoms with Gasteiger partial charge in [-0.15, -0.1) is 16.4 Å². The molecule has 0 unspecified atom stereocenters. The predicted molar refractivity (Wildman–Crippen MR) is 103 cm³/mol. The van der Waals surface area contributed by atoms with Gasteiger partial charge in [-0.25, -0.2) is 4.79 Å². The van der Waals surface area contributed by atoms with Crippen LogP contribution >= 0.6 is 22.9 Å². The summed E-state index contributed by atoms with van der Waals surface area (Å²) in [6.45, 7) is 2.45. The topological polar surface area (TPSA) is 81.2 Å². The Balaban J connectivity index is 1.65. The van der Waals surface area contributed by atoms with Gasteiger partial charge in [-0.3, -0.25) is 4.79 Å². The van der Waals surface area contributed by atoms with Crippen molar-refractivity contribution >= 4 is 40.4 Å². The number of carbonyl (C=O) groups is 2. The first kappa shape index (κ1) is 18.2. The van der Waals surface area contributed by atoms with Gasteiger partial charge >= 0.3 is 5.97 Å². The molecule has 1 aromatic carbocycles. The van der Waals surface area contributed by atoms with E-state index in [1.54, 1.807) is 24.3 Å². The SMILES string of the molecule is CCCCOC(=O)c1ccc(NC(=O)c2snnc2-c2cccs2)cc1. The van der Waals surface area contributed by atoms with E-state index >= 15 is 0 Å². The minimum atomic E-state index is -0.358. The molecule has 0 fully saturated rings. The van der Waals surface area contributed by atoms with E-state index < -0.39 is 0 Å². The van der Waals surface area contributed by atoms with Crippen molar-refractivity contribution in [2.24, 2.45) is 0 Å². The molecule has 0 aliphatic heterocycles. The van der Waals surface area contributed by atoms with E-state index in [4.69, 9.17) is 4.74 Å². The molecule has 134 valence electrons. The van der Waals surface area contributed by atoms with Gasteiger partial charge in [0.2, 0.25) is 0 Å². The summed E-state index contributed by atoms with van der Waals surface area (Å²) in [7, 11) is 0. The van der Waals surface area contributed by atoms with E-state index in [1.165, 1.54) is 11.3 Å². The number of unbranched alkanes of at least 4 members (excludes halogenated alkanes) is 1. The summed E-state index contributed by atoms with van der Waals surface area (Å²) in [6, 6.07) is 10.4. The van der Waals surface area contributed by atoms with Gasteiger partial charge < -0.3 is 10.1 Å². The summed E-state index contributed by atoms with van der Waals surface area (Å²) in [5.74, 6) is -0.635. The van der Waals surface area contributed by atoms with Crippen LogP contribution in [0.2, 0.25) is 0 Å². The van der Waals surface area contributed by atoms with E-state index in [0.717, 1.165) is 29.3 Å². The molecule has 2 heterocycles. The monoisotopic (exact) mass is 387 g/mol. The third-order valence-electron chi connectivity index (χ3n) is 3.56. The predicted octanol–water partition coefficient (Wildman–Crippen LogP) is 4.48. The summed E-state index contributed by atoms with van der Waals surface area (Å²) in [4.78, 5) is 25.8. The molecule has 0 bridgehead atoms. The molecule has 8 heteroatoms. The largest absolute Gasteiger partial charge is 0.462 e. The highest BCUT2D eigenvalue weighted by Crippen LogP contribution is 2.28. The number of ether oxygens (including phenoxy) is 1. The number of thiophene rings is 1. The first-order chi connectivity index (χ1) is 12.7. The zero-order valence-corrected chi connectivity index (χ0v) is 15.7. The highest BCUT2D eigenvalue weighted by atomic mass is 32.1. The summed E-state index contributed by atoms with van der Waals surface area (Å²) in [6.07, 6.45) is 1.81. The second-order valence-electron chi connectivity index (χ2n) is 5.45. The number of esters is 1. The Morgan fingerprint density at radius 1 is 1.19 bits per heavy atom. The highest BCUT2D eigenvalue weighted by molar-refractivity contribution is 7.14. The standard InChI is InChI=1S/C18H17N3O3S2/c1-2-3-10-24-18(23)12-6-8-13(9-7-12)19-17(22)16-15(20-21-26-16)14-5-4-11-25-14/h4-9,11H,2-3,10H2,1H3,(H,19,22). The molecule has 1 N–H and O–H groups in total. The second kappa shape index (κ2) is 8.68. The Hall–Kier alpha value is -2.58. The van der Waals surface area contributed by atoms with Crippen molar-refractivity contribution in [3.63, 3.8) is 0 Å². The minimum Gasteiger partial charge on any atom is -0.462 e. The van der Waals surface area contributed by atoms with Crippen molar-refractivity contribution in [2.45, 2.75) is 19.8 Å². The van der Waals surface area contributed by atoms with E-state index in [9.17, 15) is 9.59 Å². The van der Waals surface area contributed by atoms with Gasteiger partial charge in [-0.05, 0) is 53.7 Å². The van der Waals surface area contributed by atoms with Gasteiger partial charge in [0, 0.05) is 5.69 Å². The maximum Gasteiger partial charge on any atom is 0.338 e. The van der Waals surface area contributed by atoms with E-state index in [2.05, 4.69) is 14.9 Å². The van der Waals surface area contributed by atoms with Crippen LogP contribution in [0.25, 0.3) is 10.6 Å².